The number of hydrogen-bond acceptors (Lipinski definition) is 5. The van der Waals surface area contributed by atoms with Crippen LogP contribution >= 0.6 is 15.9 Å². The van der Waals surface area contributed by atoms with E-state index in [0.29, 0.717) is 26.3 Å². The Labute approximate surface area is 118 Å². The lowest BCUT2D eigenvalue weighted by atomic mass is 10.2. The Morgan fingerprint density at radius 3 is 2.68 bits per heavy atom. The molecule has 0 saturated heterocycles. The highest BCUT2D eigenvalue weighted by atomic mass is 79.9. The van der Waals surface area contributed by atoms with Gasteiger partial charge in [-0.15, -0.1) is 5.10 Å². The predicted octanol–water partition coefficient (Wildman–Crippen LogP) is 1.32. The van der Waals surface area contributed by atoms with E-state index in [-0.39, 0.29) is 0 Å². The summed E-state index contributed by atoms with van der Waals surface area (Å²) in [5, 5.41) is 7.99. The molecule has 6 nitrogen and oxygen atoms in total. The van der Waals surface area contributed by atoms with E-state index < -0.39 is 0 Å². The molecule has 0 bridgehead atoms. The van der Waals surface area contributed by atoms with Crippen molar-refractivity contribution in [2.24, 2.45) is 5.73 Å². The molecule has 2 heterocycles. The molecule has 2 N–H and O–H groups in total. The van der Waals surface area contributed by atoms with Gasteiger partial charge in [-0.2, -0.15) is 0 Å². The molecular formula is C12H13BrN4O2. The Bertz CT molecular complexity index is 599. The Kier molecular flexibility index (Phi) is 3.39. The van der Waals surface area contributed by atoms with E-state index in [9.17, 15) is 0 Å². The fourth-order valence-corrected chi connectivity index (χ4v) is 2.36. The highest BCUT2D eigenvalue weighted by Gasteiger charge is 2.15. The number of nitrogens with two attached hydrogens (primary N) is 1. The van der Waals surface area contributed by atoms with Crippen molar-refractivity contribution >= 4 is 15.9 Å². The monoisotopic (exact) mass is 324 g/mol. The van der Waals surface area contributed by atoms with Crippen LogP contribution in [0, 0.1) is 0 Å². The van der Waals surface area contributed by atoms with Crippen molar-refractivity contribution in [1.29, 1.82) is 0 Å². The summed E-state index contributed by atoms with van der Waals surface area (Å²) in [7, 11) is 0. The molecule has 100 valence electrons. The Hall–Kier alpha value is -1.60. The molecule has 1 aliphatic heterocycles. The zero-order chi connectivity index (χ0) is 13.2. The lowest BCUT2D eigenvalue weighted by Gasteiger charge is -2.19. The number of ether oxygens (including phenoxy) is 2. The second-order valence-corrected chi connectivity index (χ2v) is 5.05. The fraction of sp³-hybridized carbons (Fsp3) is 0.333. The first-order chi connectivity index (χ1) is 9.26. The third-order valence-corrected chi connectivity index (χ3v) is 3.58. The Morgan fingerprint density at radius 1 is 1.26 bits per heavy atom. The predicted molar refractivity (Wildman–Crippen MR) is 72.1 cm³/mol. The minimum absolute atomic E-state index is 0.391. The molecule has 1 aromatic heterocycles. The Morgan fingerprint density at radius 2 is 2.00 bits per heavy atom. The van der Waals surface area contributed by atoms with Crippen LogP contribution in [0.5, 0.6) is 11.5 Å². The summed E-state index contributed by atoms with van der Waals surface area (Å²) in [6.45, 7) is 2.16. The van der Waals surface area contributed by atoms with Crippen LogP contribution in [0.3, 0.4) is 0 Å². The topological polar surface area (TPSA) is 75.2 Å². The van der Waals surface area contributed by atoms with E-state index in [0.717, 1.165) is 27.2 Å². The van der Waals surface area contributed by atoms with Gasteiger partial charge in [-0.1, -0.05) is 21.1 Å². The number of fused-ring (bicyclic) bond motifs is 1. The summed E-state index contributed by atoms with van der Waals surface area (Å²) < 4.78 is 13.8. The second kappa shape index (κ2) is 5.18. The standard InChI is InChI=1S/C12H13BrN4O2/c13-10-4-12-11(18-1-2-19-12)3-8(10)6-17-7-9(5-14)15-16-17/h3-4,7H,1-2,5-6,14H2. The third kappa shape index (κ3) is 2.57. The van der Waals surface area contributed by atoms with Crippen LogP contribution in [-0.4, -0.2) is 28.2 Å². The number of aromatic nitrogens is 3. The summed E-state index contributed by atoms with van der Waals surface area (Å²) in [5.41, 5.74) is 7.34. The van der Waals surface area contributed by atoms with Crippen LogP contribution in [-0.2, 0) is 13.1 Å². The van der Waals surface area contributed by atoms with Gasteiger partial charge in [0.1, 0.15) is 13.2 Å². The Balaban J connectivity index is 1.87. The molecule has 1 aromatic carbocycles. The molecule has 0 amide bonds. The van der Waals surface area contributed by atoms with E-state index >= 15 is 0 Å². The van der Waals surface area contributed by atoms with Gasteiger partial charge in [0.2, 0.25) is 0 Å². The van der Waals surface area contributed by atoms with Gasteiger partial charge in [-0.05, 0) is 17.7 Å². The summed E-state index contributed by atoms with van der Waals surface area (Å²) >= 11 is 3.53. The third-order valence-electron chi connectivity index (χ3n) is 2.84. The molecule has 0 unspecified atom stereocenters. The first-order valence-corrected chi connectivity index (χ1v) is 6.72. The average molecular weight is 325 g/mol. The number of hydrogen-bond donors (Lipinski definition) is 1. The van der Waals surface area contributed by atoms with E-state index in [1.807, 2.05) is 18.3 Å². The molecule has 19 heavy (non-hydrogen) atoms. The molecule has 3 rings (SSSR count). The van der Waals surface area contributed by atoms with Gasteiger partial charge >= 0.3 is 0 Å². The minimum Gasteiger partial charge on any atom is -0.486 e. The highest BCUT2D eigenvalue weighted by molar-refractivity contribution is 9.10. The summed E-state index contributed by atoms with van der Waals surface area (Å²) in [6, 6.07) is 3.88. The molecule has 2 aromatic rings. The van der Waals surface area contributed by atoms with E-state index in [1.54, 1.807) is 4.68 Å². The number of benzene rings is 1. The molecule has 1 aliphatic rings. The van der Waals surface area contributed by atoms with Crippen molar-refractivity contribution in [2.75, 3.05) is 13.2 Å². The van der Waals surface area contributed by atoms with Crippen LogP contribution in [0.2, 0.25) is 0 Å². The van der Waals surface area contributed by atoms with E-state index in [1.165, 1.54) is 0 Å². The quantitative estimate of drug-likeness (QED) is 0.921. The first-order valence-electron chi connectivity index (χ1n) is 5.93. The van der Waals surface area contributed by atoms with Gasteiger partial charge < -0.3 is 15.2 Å². The van der Waals surface area contributed by atoms with Crippen molar-refractivity contribution < 1.29 is 9.47 Å². The van der Waals surface area contributed by atoms with Gasteiger partial charge in [0.05, 0.1) is 18.4 Å². The molecule has 0 radical (unpaired) electrons. The maximum absolute atomic E-state index is 5.57. The highest BCUT2D eigenvalue weighted by Crippen LogP contribution is 2.35. The molecule has 7 heteroatoms. The van der Waals surface area contributed by atoms with E-state index in [2.05, 4.69) is 26.2 Å². The van der Waals surface area contributed by atoms with Crippen molar-refractivity contribution in [3.05, 3.63) is 34.1 Å². The zero-order valence-corrected chi connectivity index (χ0v) is 11.8. The summed E-state index contributed by atoms with van der Waals surface area (Å²) in [5.74, 6) is 1.53. The normalized spacial score (nSPS) is 13.6. The van der Waals surface area contributed by atoms with Gasteiger partial charge in [-0.25, -0.2) is 4.68 Å². The molecule has 0 spiro atoms. The van der Waals surface area contributed by atoms with Gasteiger partial charge in [-0.3, -0.25) is 0 Å². The van der Waals surface area contributed by atoms with E-state index in [4.69, 9.17) is 15.2 Å². The van der Waals surface area contributed by atoms with Crippen LogP contribution in [0.1, 0.15) is 11.3 Å². The lowest BCUT2D eigenvalue weighted by Crippen LogP contribution is -2.16. The smallest absolute Gasteiger partial charge is 0.162 e. The molecule has 0 aliphatic carbocycles. The van der Waals surface area contributed by atoms with Crippen LogP contribution in [0.25, 0.3) is 0 Å². The van der Waals surface area contributed by atoms with Crippen molar-refractivity contribution in [3.8, 4) is 11.5 Å². The molecule has 0 saturated carbocycles. The van der Waals surface area contributed by atoms with Gasteiger partial charge in [0.25, 0.3) is 0 Å². The number of nitrogens with zero attached hydrogens (tertiary/aromatic N) is 3. The molecular weight excluding hydrogens is 312 g/mol. The van der Waals surface area contributed by atoms with Gasteiger partial charge in [0.15, 0.2) is 11.5 Å². The van der Waals surface area contributed by atoms with Crippen molar-refractivity contribution in [1.82, 2.24) is 15.0 Å². The SMILES string of the molecule is NCc1cn(Cc2cc3c(cc2Br)OCCO3)nn1. The number of halogens is 1. The maximum Gasteiger partial charge on any atom is 0.162 e. The summed E-state index contributed by atoms with van der Waals surface area (Å²) in [6.07, 6.45) is 1.84. The number of rotatable bonds is 3. The first kappa shape index (κ1) is 12.4. The fourth-order valence-electron chi connectivity index (χ4n) is 1.91. The lowest BCUT2D eigenvalue weighted by molar-refractivity contribution is 0.171. The minimum atomic E-state index is 0.391. The zero-order valence-electron chi connectivity index (χ0n) is 10.2. The largest absolute Gasteiger partial charge is 0.486 e. The second-order valence-electron chi connectivity index (χ2n) is 4.20. The molecule has 0 fully saturated rings. The summed E-state index contributed by atoms with van der Waals surface area (Å²) in [4.78, 5) is 0. The molecule has 0 atom stereocenters. The van der Waals surface area contributed by atoms with Crippen molar-refractivity contribution in [3.63, 3.8) is 0 Å². The van der Waals surface area contributed by atoms with Gasteiger partial charge in [0, 0.05) is 11.0 Å². The van der Waals surface area contributed by atoms with Crippen molar-refractivity contribution in [2.45, 2.75) is 13.1 Å². The van der Waals surface area contributed by atoms with Crippen LogP contribution < -0.4 is 15.2 Å². The van der Waals surface area contributed by atoms with Crippen LogP contribution in [0.15, 0.2) is 22.8 Å². The van der Waals surface area contributed by atoms with Crippen LogP contribution in [0.4, 0.5) is 0 Å². The average Bonchev–Trinajstić information content (AvgIpc) is 2.87. The maximum atomic E-state index is 5.57.